The van der Waals surface area contributed by atoms with Crippen molar-refractivity contribution in [3.63, 3.8) is 0 Å². The molecule has 7 nitrogen and oxygen atoms in total. The second-order valence-corrected chi connectivity index (χ2v) is 5.92. The number of fused-ring (bicyclic) bond motifs is 6. The zero-order valence-electron chi connectivity index (χ0n) is 12.4. The quantitative estimate of drug-likeness (QED) is 0.434. The number of ketones is 1. The molecule has 3 saturated heterocycles. The van der Waals surface area contributed by atoms with Crippen molar-refractivity contribution >= 4 is 11.8 Å². The second-order valence-electron chi connectivity index (χ2n) is 5.92. The van der Waals surface area contributed by atoms with Crippen LogP contribution in [0.4, 0.5) is 0 Å². The highest BCUT2D eigenvalue weighted by molar-refractivity contribution is 5.85. The minimum atomic E-state index is -0.874. The lowest BCUT2D eigenvalue weighted by molar-refractivity contribution is -0.319. The first-order valence-electron chi connectivity index (χ1n) is 7.28. The summed E-state index contributed by atoms with van der Waals surface area (Å²) in [6.45, 7) is 5.28. The minimum absolute atomic E-state index is 0.131. The topological polar surface area (TPSA) is 80.3 Å². The molecule has 0 spiro atoms. The van der Waals surface area contributed by atoms with Gasteiger partial charge in [-0.05, 0) is 12.8 Å². The molecule has 3 aliphatic heterocycles. The first-order chi connectivity index (χ1) is 9.95. The zero-order valence-corrected chi connectivity index (χ0v) is 12.4. The molecule has 0 radical (unpaired) electrons. The van der Waals surface area contributed by atoms with Gasteiger partial charge in [0.15, 0.2) is 0 Å². The molecule has 6 atom stereocenters. The van der Waals surface area contributed by atoms with E-state index >= 15 is 0 Å². The van der Waals surface area contributed by atoms with Crippen molar-refractivity contribution in [3.8, 4) is 0 Å². The van der Waals surface area contributed by atoms with Crippen LogP contribution in [0.2, 0.25) is 0 Å². The van der Waals surface area contributed by atoms with Crippen molar-refractivity contribution in [3.05, 3.63) is 0 Å². The Morgan fingerprint density at radius 2 is 2.10 bits per heavy atom. The molecule has 0 unspecified atom stereocenters. The van der Waals surface area contributed by atoms with Crippen LogP contribution in [0, 0.1) is 11.8 Å². The lowest BCUT2D eigenvalue weighted by Gasteiger charge is -2.51. The Hall–Kier alpha value is -1.02. The van der Waals surface area contributed by atoms with Crippen LogP contribution in [0.25, 0.3) is 0 Å². The SMILES string of the molecule is CC(=O)OCCC[C@@]12O[C@@H]([C@H]3OO[C@@H]1O3)[C@@H](C)C(=O)[C@H]2C. The number of hydrogen-bond donors (Lipinski definition) is 0. The maximum atomic E-state index is 12.5. The fourth-order valence-electron chi connectivity index (χ4n) is 3.36. The molecule has 0 saturated carbocycles. The number of carbonyl (C=O) groups is 2. The molecular formula is C14H20O7. The molecule has 3 aliphatic rings. The first-order valence-corrected chi connectivity index (χ1v) is 7.28. The Balaban J connectivity index is 1.77. The number of carbonyl (C=O) groups excluding carboxylic acids is 2. The molecular weight excluding hydrogens is 280 g/mol. The van der Waals surface area contributed by atoms with Crippen LogP contribution in [-0.2, 0) is 33.6 Å². The van der Waals surface area contributed by atoms with Crippen molar-refractivity contribution in [2.75, 3.05) is 6.61 Å². The summed E-state index contributed by atoms with van der Waals surface area (Å²) in [5.74, 6) is -0.859. The second kappa shape index (κ2) is 5.31. The van der Waals surface area contributed by atoms with Crippen LogP contribution in [0.3, 0.4) is 0 Å². The highest BCUT2D eigenvalue weighted by atomic mass is 17.3. The van der Waals surface area contributed by atoms with Gasteiger partial charge in [0.05, 0.1) is 6.61 Å². The lowest BCUT2D eigenvalue weighted by Crippen LogP contribution is -2.66. The Labute approximate surface area is 122 Å². The molecule has 118 valence electrons. The predicted molar refractivity (Wildman–Crippen MR) is 67.6 cm³/mol. The van der Waals surface area contributed by atoms with Gasteiger partial charge in [0.25, 0.3) is 0 Å². The van der Waals surface area contributed by atoms with E-state index in [2.05, 4.69) is 0 Å². The van der Waals surface area contributed by atoms with Crippen molar-refractivity contribution in [1.29, 1.82) is 0 Å². The van der Waals surface area contributed by atoms with Crippen molar-refractivity contribution in [2.24, 2.45) is 11.8 Å². The number of hydrogen-bond acceptors (Lipinski definition) is 7. The minimum Gasteiger partial charge on any atom is -0.466 e. The Kier molecular flexibility index (Phi) is 3.77. The maximum absolute atomic E-state index is 12.5. The number of ether oxygens (including phenoxy) is 3. The van der Waals surface area contributed by atoms with Gasteiger partial charge in [0, 0.05) is 18.8 Å². The summed E-state index contributed by atoms with van der Waals surface area (Å²) in [6.07, 6.45) is -0.768. The smallest absolute Gasteiger partial charge is 0.302 e. The number of esters is 1. The highest BCUT2D eigenvalue weighted by Gasteiger charge is 2.65. The van der Waals surface area contributed by atoms with Gasteiger partial charge in [0.2, 0.25) is 12.6 Å². The molecule has 3 rings (SSSR count). The summed E-state index contributed by atoms with van der Waals surface area (Å²) >= 11 is 0. The average Bonchev–Trinajstić information content (AvgIpc) is 2.89. The van der Waals surface area contributed by atoms with Gasteiger partial charge in [-0.25, -0.2) is 0 Å². The molecule has 0 amide bonds. The van der Waals surface area contributed by atoms with E-state index in [9.17, 15) is 9.59 Å². The zero-order chi connectivity index (χ0) is 15.2. The van der Waals surface area contributed by atoms with E-state index in [-0.39, 0.29) is 30.2 Å². The molecule has 0 aliphatic carbocycles. The molecule has 0 aromatic carbocycles. The van der Waals surface area contributed by atoms with Crippen molar-refractivity contribution < 1.29 is 33.6 Å². The van der Waals surface area contributed by atoms with Gasteiger partial charge < -0.3 is 14.2 Å². The number of Topliss-reactive ketones (excluding diaryl/α,β-unsaturated/α-hetero) is 1. The molecule has 0 aromatic rings. The highest BCUT2D eigenvalue weighted by Crippen LogP contribution is 2.49. The van der Waals surface area contributed by atoms with Crippen LogP contribution in [-0.4, -0.2) is 42.6 Å². The van der Waals surface area contributed by atoms with E-state index in [1.54, 1.807) is 0 Å². The van der Waals surface area contributed by atoms with Gasteiger partial charge in [-0.1, -0.05) is 13.8 Å². The summed E-state index contributed by atoms with van der Waals surface area (Å²) in [6, 6.07) is 0. The standard InChI is InChI=1S/C14H20O7/c1-7-10(16)8(2)14(5-4-6-17-9(3)15)13-18-12(20-21-13)11(7)19-14/h7-8,11-13H,4-6H2,1-3H3/t7-,8+,11+,12+,13-,14-/m0/s1. The fraction of sp³-hybridized carbons (Fsp3) is 0.857. The average molecular weight is 300 g/mol. The molecule has 0 N–H and O–H groups in total. The summed E-state index contributed by atoms with van der Waals surface area (Å²) in [7, 11) is 0. The van der Waals surface area contributed by atoms with E-state index in [0.29, 0.717) is 12.8 Å². The lowest BCUT2D eigenvalue weighted by atomic mass is 9.72. The Bertz CT molecular complexity index is 451. The van der Waals surface area contributed by atoms with Gasteiger partial charge in [-0.15, -0.1) is 0 Å². The van der Waals surface area contributed by atoms with Crippen LogP contribution < -0.4 is 0 Å². The Morgan fingerprint density at radius 3 is 2.81 bits per heavy atom. The normalized spacial score (nSPS) is 44.7. The fourth-order valence-corrected chi connectivity index (χ4v) is 3.36. The monoisotopic (exact) mass is 300 g/mol. The van der Waals surface area contributed by atoms with Crippen molar-refractivity contribution in [2.45, 2.75) is 57.9 Å². The van der Waals surface area contributed by atoms with Crippen LogP contribution in [0.15, 0.2) is 0 Å². The molecule has 0 aromatic heterocycles. The summed E-state index contributed by atoms with van der Waals surface area (Å²) in [5.41, 5.74) is -0.874. The first kappa shape index (κ1) is 14.9. The van der Waals surface area contributed by atoms with Gasteiger partial charge in [0.1, 0.15) is 17.5 Å². The summed E-state index contributed by atoms with van der Waals surface area (Å²) in [4.78, 5) is 33.7. The van der Waals surface area contributed by atoms with Crippen LogP contribution >= 0.6 is 0 Å². The number of rotatable bonds is 4. The third-order valence-electron chi connectivity index (χ3n) is 4.64. The van der Waals surface area contributed by atoms with E-state index in [1.165, 1.54) is 6.92 Å². The molecule has 21 heavy (non-hydrogen) atoms. The third kappa shape index (κ3) is 2.28. The van der Waals surface area contributed by atoms with Crippen molar-refractivity contribution in [1.82, 2.24) is 0 Å². The predicted octanol–water partition coefficient (Wildman–Crippen LogP) is 0.953. The van der Waals surface area contributed by atoms with E-state index in [0.717, 1.165) is 0 Å². The Morgan fingerprint density at radius 1 is 1.33 bits per heavy atom. The van der Waals surface area contributed by atoms with Crippen LogP contribution in [0.5, 0.6) is 0 Å². The largest absolute Gasteiger partial charge is 0.466 e. The van der Waals surface area contributed by atoms with E-state index in [4.69, 9.17) is 24.0 Å². The maximum Gasteiger partial charge on any atom is 0.302 e. The van der Waals surface area contributed by atoms with E-state index < -0.39 is 24.3 Å². The molecule has 4 bridgehead atoms. The van der Waals surface area contributed by atoms with Gasteiger partial charge in [-0.2, -0.15) is 9.78 Å². The summed E-state index contributed by atoms with van der Waals surface area (Å²) < 4.78 is 16.8. The van der Waals surface area contributed by atoms with Crippen LogP contribution in [0.1, 0.15) is 33.6 Å². The van der Waals surface area contributed by atoms with Gasteiger partial charge >= 0.3 is 5.97 Å². The molecule has 3 fully saturated rings. The third-order valence-corrected chi connectivity index (χ3v) is 4.64. The molecule has 3 heterocycles. The van der Waals surface area contributed by atoms with Gasteiger partial charge in [-0.3, -0.25) is 9.59 Å². The van der Waals surface area contributed by atoms with E-state index in [1.807, 2.05) is 13.8 Å². The summed E-state index contributed by atoms with van der Waals surface area (Å²) in [5, 5.41) is 0. The molecule has 7 heteroatoms.